The highest BCUT2D eigenvalue weighted by Gasteiger charge is 2.52. The maximum atomic E-state index is 12.9. The maximum absolute atomic E-state index is 12.9. The fraction of sp³-hybridized carbons (Fsp3) is 0.333. The summed E-state index contributed by atoms with van der Waals surface area (Å²) in [5, 5.41) is 7.61. The van der Waals surface area contributed by atoms with Gasteiger partial charge in [0.25, 0.3) is 0 Å². The Hall–Kier alpha value is -2.08. The summed E-state index contributed by atoms with van der Waals surface area (Å²) in [6, 6.07) is 6.69. The molecule has 0 bridgehead atoms. The summed E-state index contributed by atoms with van der Waals surface area (Å²) in [6.07, 6.45) is 0. The number of rotatable bonds is 7. The first-order chi connectivity index (χ1) is 14.1. The molecule has 1 saturated heterocycles. The van der Waals surface area contributed by atoms with E-state index >= 15 is 0 Å². The molecule has 8 nitrogen and oxygen atoms in total. The zero-order valence-electron chi connectivity index (χ0n) is 15.4. The lowest BCUT2D eigenvalue weighted by atomic mass is 10.0. The van der Waals surface area contributed by atoms with Crippen molar-refractivity contribution >= 4 is 46.7 Å². The van der Waals surface area contributed by atoms with E-state index in [1.54, 1.807) is 36.5 Å². The molecule has 1 aromatic carbocycles. The molecule has 1 amide bonds. The van der Waals surface area contributed by atoms with Crippen LogP contribution < -0.4 is 10.5 Å². The molecule has 152 valence electrons. The van der Waals surface area contributed by atoms with Gasteiger partial charge >= 0.3 is 5.97 Å². The molecule has 1 aromatic heterocycles. The average molecular weight is 451 g/mol. The van der Waals surface area contributed by atoms with Crippen molar-refractivity contribution in [3.63, 3.8) is 0 Å². The van der Waals surface area contributed by atoms with Gasteiger partial charge in [0.1, 0.15) is 35.0 Å². The van der Waals surface area contributed by atoms with Crippen LogP contribution in [0.25, 0.3) is 0 Å². The first-order valence-corrected chi connectivity index (χ1v) is 11.6. The van der Waals surface area contributed by atoms with E-state index in [4.69, 9.17) is 15.2 Å². The van der Waals surface area contributed by atoms with Gasteiger partial charge in [-0.25, -0.2) is 4.79 Å². The summed E-state index contributed by atoms with van der Waals surface area (Å²) in [5.41, 5.74) is 9.55. The van der Waals surface area contributed by atoms with Crippen molar-refractivity contribution in [3.8, 4) is 5.75 Å². The van der Waals surface area contributed by atoms with Crippen molar-refractivity contribution in [1.29, 1.82) is 0 Å². The van der Waals surface area contributed by atoms with E-state index in [0.717, 1.165) is 21.2 Å². The van der Waals surface area contributed by atoms with Gasteiger partial charge in [0.15, 0.2) is 4.34 Å². The zero-order chi connectivity index (χ0) is 20.4. The number of ether oxygens (including phenoxy) is 2. The number of hydrogen-bond donors (Lipinski definition) is 1. The lowest BCUT2D eigenvalue weighted by Crippen LogP contribution is -2.68. The second kappa shape index (κ2) is 8.74. The molecule has 0 spiro atoms. The van der Waals surface area contributed by atoms with Crippen LogP contribution in [0.1, 0.15) is 5.56 Å². The van der Waals surface area contributed by atoms with Crippen molar-refractivity contribution in [3.05, 3.63) is 46.6 Å². The van der Waals surface area contributed by atoms with Crippen LogP contribution in [0.3, 0.4) is 0 Å². The fourth-order valence-corrected chi connectivity index (χ4v) is 5.91. The second-order valence-corrected chi connectivity index (χ2v) is 9.47. The zero-order valence-corrected chi connectivity index (χ0v) is 17.9. The molecule has 29 heavy (non-hydrogen) atoms. The molecule has 2 N–H and O–H groups in total. The van der Waals surface area contributed by atoms with Gasteiger partial charge in [-0.05, 0) is 23.3 Å². The molecule has 0 saturated carbocycles. The normalized spacial score (nSPS) is 20.9. The molecule has 0 aliphatic carbocycles. The molecule has 11 heteroatoms. The van der Waals surface area contributed by atoms with Crippen LogP contribution in [0.2, 0.25) is 0 Å². The number of hydrogen-bond acceptors (Lipinski definition) is 10. The number of nitrogens with zero attached hydrogens (tertiary/aromatic N) is 3. The van der Waals surface area contributed by atoms with Gasteiger partial charge < -0.3 is 15.2 Å². The Kier molecular flexibility index (Phi) is 6.09. The van der Waals surface area contributed by atoms with Gasteiger partial charge in [-0.3, -0.25) is 9.69 Å². The minimum absolute atomic E-state index is 0.106. The topological polar surface area (TPSA) is 108 Å². The summed E-state index contributed by atoms with van der Waals surface area (Å²) >= 11 is 4.48. The molecule has 0 radical (unpaired) electrons. The number of amides is 1. The lowest BCUT2D eigenvalue weighted by molar-refractivity contribution is -0.151. The molecule has 1 fully saturated rings. The third kappa shape index (κ3) is 4.13. The Balaban J connectivity index is 1.50. The van der Waals surface area contributed by atoms with Crippen molar-refractivity contribution in [2.24, 2.45) is 5.73 Å². The van der Waals surface area contributed by atoms with Crippen LogP contribution in [0, 0.1) is 0 Å². The van der Waals surface area contributed by atoms with Crippen LogP contribution in [-0.4, -0.2) is 57.0 Å². The number of thioether (sulfide) groups is 2. The maximum Gasteiger partial charge on any atom is 0.355 e. The van der Waals surface area contributed by atoms with E-state index in [1.165, 1.54) is 28.0 Å². The average Bonchev–Trinajstić information content (AvgIpc) is 3.28. The number of carbonyl (C=O) groups is 2. The molecule has 2 aliphatic heterocycles. The Morgan fingerprint density at radius 3 is 2.86 bits per heavy atom. The smallest absolute Gasteiger partial charge is 0.355 e. The number of nitrogens with two attached hydrogens (primary N) is 1. The molecule has 2 atom stereocenters. The fourth-order valence-electron chi connectivity index (χ4n) is 2.99. The van der Waals surface area contributed by atoms with Gasteiger partial charge in [0.05, 0.1) is 7.11 Å². The van der Waals surface area contributed by atoms with Crippen LogP contribution in [0.15, 0.2) is 45.4 Å². The first-order valence-electron chi connectivity index (χ1n) is 8.70. The van der Waals surface area contributed by atoms with Gasteiger partial charge in [-0.2, -0.15) is 0 Å². The van der Waals surface area contributed by atoms with Crippen LogP contribution >= 0.6 is 34.9 Å². The van der Waals surface area contributed by atoms with Crippen molar-refractivity contribution in [1.82, 2.24) is 15.1 Å². The number of aromatic nitrogens is 2. The Bertz CT molecular complexity index is 933. The SMILES string of the molecule is COc1ccc(COC(=O)C2=C(CSc3nncs3)CS[C@@H]3C(N)C(=O)N23)cc1. The summed E-state index contributed by atoms with van der Waals surface area (Å²) < 4.78 is 11.5. The van der Waals surface area contributed by atoms with E-state index in [-0.39, 0.29) is 17.9 Å². The monoisotopic (exact) mass is 450 g/mol. The number of β-lactam (4-membered cyclic amide) rings is 1. The van der Waals surface area contributed by atoms with Crippen molar-refractivity contribution in [2.75, 3.05) is 18.6 Å². The van der Waals surface area contributed by atoms with E-state index in [1.807, 2.05) is 12.1 Å². The molecule has 1 unspecified atom stereocenters. The first kappa shape index (κ1) is 20.2. The highest BCUT2D eigenvalue weighted by Crippen LogP contribution is 2.41. The molecule has 4 rings (SSSR count). The number of carbonyl (C=O) groups excluding carboxylic acids is 2. The van der Waals surface area contributed by atoms with E-state index < -0.39 is 12.0 Å². The molecular weight excluding hydrogens is 432 g/mol. The number of methoxy groups -OCH3 is 1. The predicted octanol–water partition coefficient (Wildman–Crippen LogP) is 1.88. The molecule has 2 aromatic rings. The van der Waals surface area contributed by atoms with Crippen LogP contribution in [-0.2, 0) is 20.9 Å². The van der Waals surface area contributed by atoms with Crippen LogP contribution in [0.4, 0.5) is 0 Å². The van der Waals surface area contributed by atoms with Gasteiger partial charge in [0, 0.05) is 11.5 Å². The minimum atomic E-state index is -0.582. The minimum Gasteiger partial charge on any atom is -0.497 e. The quantitative estimate of drug-likeness (QED) is 0.384. The Labute approximate surface area is 179 Å². The van der Waals surface area contributed by atoms with Gasteiger partial charge in [-0.15, -0.1) is 22.0 Å². The van der Waals surface area contributed by atoms with Crippen molar-refractivity contribution < 1.29 is 19.1 Å². The van der Waals surface area contributed by atoms with E-state index in [9.17, 15) is 9.59 Å². The third-order valence-electron chi connectivity index (χ3n) is 4.52. The number of fused-ring (bicyclic) bond motifs is 1. The summed E-state index contributed by atoms with van der Waals surface area (Å²) in [7, 11) is 1.59. The van der Waals surface area contributed by atoms with Crippen LogP contribution in [0.5, 0.6) is 5.75 Å². The van der Waals surface area contributed by atoms with Crippen molar-refractivity contribution in [2.45, 2.75) is 22.4 Å². The second-order valence-electron chi connectivity index (χ2n) is 6.31. The lowest BCUT2D eigenvalue weighted by Gasteiger charge is -2.48. The highest BCUT2D eigenvalue weighted by atomic mass is 32.2. The Morgan fingerprint density at radius 1 is 1.38 bits per heavy atom. The van der Waals surface area contributed by atoms with Gasteiger partial charge in [0.2, 0.25) is 5.91 Å². The molecule has 2 aliphatic rings. The van der Waals surface area contributed by atoms with E-state index in [0.29, 0.717) is 17.2 Å². The standard InChI is InChI=1S/C18H18N4O4S3/c1-25-12-4-2-10(3-5-12)6-26-17(24)14-11(8-28-18-21-20-9-29-18)7-27-16-13(19)15(23)22(14)16/h2-5,9,13,16H,6-8,19H2,1H3/t13?,16-/m1/s1. The predicted molar refractivity (Wildman–Crippen MR) is 112 cm³/mol. The Morgan fingerprint density at radius 2 is 2.17 bits per heavy atom. The van der Waals surface area contributed by atoms with E-state index in [2.05, 4.69) is 10.2 Å². The number of benzene rings is 1. The molecule has 3 heterocycles. The largest absolute Gasteiger partial charge is 0.497 e. The number of esters is 1. The summed E-state index contributed by atoms with van der Waals surface area (Å²) in [5.74, 6) is 1.10. The summed E-state index contributed by atoms with van der Waals surface area (Å²) in [6.45, 7) is 0.106. The third-order valence-corrected chi connectivity index (χ3v) is 7.83. The highest BCUT2D eigenvalue weighted by molar-refractivity contribution is 8.01. The van der Waals surface area contributed by atoms with Gasteiger partial charge in [-0.1, -0.05) is 35.2 Å². The summed E-state index contributed by atoms with van der Waals surface area (Å²) in [4.78, 5) is 26.7. The molecular formula is C18H18N4O4S3.